The first-order chi connectivity index (χ1) is 9.81. The number of sulfonamides is 1. The number of benzene rings is 2. The van der Waals surface area contributed by atoms with Crippen molar-refractivity contribution < 1.29 is 13.2 Å². The van der Waals surface area contributed by atoms with Gasteiger partial charge in [0.15, 0.2) is 0 Å². The van der Waals surface area contributed by atoms with Crippen LogP contribution in [0.25, 0.3) is 0 Å². The van der Waals surface area contributed by atoms with E-state index in [0.29, 0.717) is 11.4 Å². The summed E-state index contributed by atoms with van der Waals surface area (Å²) in [4.78, 5) is 0.143. The number of methoxy groups -OCH3 is 1. The van der Waals surface area contributed by atoms with E-state index in [1.807, 2.05) is 32.9 Å². The van der Waals surface area contributed by atoms with Crippen LogP contribution in [0.15, 0.2) is 41.3 Å². The monoisotopic (exact) mass is 305 g/mol. The van der Waals surface area contributed by atoms with Gasteiger partial charge >= 0.3 is 0 Å². The maximum absolute atomic E-state index is 12.6. The number of aryl methyl sites for hydroxylation is 3. The molecule has 0 heterocycles. The van der Waals surface area contributed by atoms with E-state index in [1.54, 1.807) is 24.3 Å². The molecule has 0 amide bonds. The second kappa shape index (κ2) is 5.77. The third kappa shape index (κ3) is 3.55. The molecule has 5 heteroatoms. The van der Waals surface area contributed by atoms with Gasteiger partial charge < -0.3 is 4.74 Å². The topological polar surface area (TPSA) is 55.4 Å². The van der Waals surface area contributed by atoms with Crippen LogP contribution >= 0.6 is 0 Å². The minimum Gasteiger partial charge on any atom is -0.495 e. The molecule has 0 fully saturated rings. The second-order valence-electron chi connectivity index (χ2n) is 5.14. The zero-order valence-electron chi connectivity index (χ0n) is 12.6. The molecule has 0 unspecified atom stereocenters. The fourth-order valence-electron chi connectivity index (χ4n) is 2.24. The molecule has 0 saturated heterocycles. The molecule has 0 aliphatic heterocycles. The molecule has 0 aromatic heterocycles. The number of ether oxygens (including phenoxy) is 1. The zero-order valence-corrected chi connectivity index (χ0v) is 13.4. The minimum atomic E-state index is -3.69. The fourth-order valence-corrected chi connectivity index (χ4v) is 3.53. The van der Waals surface area contributed by atoms with Crippen LogP contribution in [-0.2, 0) is 10.0 Å². The minimum absolute atomic E-state index is 0.143. The summed E-state index contributed by atoms with van der Waals surface area (Å²) >= 11 is 0. The molecule has 112 valence electrons. The van der Waals surface area contributed by atoms with Gasteiger partial charge in [0.25, 0.3) is 10.0 Å². The van der Waals surface area contributed by atoms with Gasteiger partial charge in [0.2, 0.25) is 0 Å². The molecule has 2 aromatic rings. The lowest BCUT2D eigenvalue weighted by molar-refractivity contribution is 0.402. The van der Waals surface area contributed by atoms with Gasteiger partial charge in [0.05, 0.1) is 7.11 Å². The molecule has 2 aromatic carbocycles. The molecule has 2 rings (SSSR count). The van der Waals surface area contributed by atoms with Crippen LogP contribution in [0.3, 0.4) is 0 Å². The molecule has 0 aliphatic carbocycles. The van der Waals surface area contributed by atoms with E-state index in [1.165, 1.54) is 7.11 Å². The molecular formula is C16H19NO3S. The van der Waals surface area contributed by atoms with Gasteiger partial charge in [0.1, 0.15) is 10.6 Å². The first-order valence-electron chi connectivity index (χ1n) is 6.57. The van der Waals surface area contributed by atoms with Gasteiger partial charge in [-0.2, -0.15) is 0 Å². The van der Waals surface area contributed by atoms with Crippen LogP contribution in [0.2, 0.25) is 0 Å². The number of hydrogen-bond acceptors (Lipinski definition) is 3. The first-order valence-corrected chi connectivity index (χ1v) is 8.06. The Kier molecular flexibility index (Phi) is 4.23. The highest BCUT2D eigenvalue weighted by Crippen LogP contribution is 2.27. The average molecular weight is 305 g/mol. The Balaban J connectivity index is 2.45. The molecular weight excluding hydrogens is 286 g/mol. The van der Waals surface area contributed by atoms with Crippen molar-refractivity contribution in [2.24, 2.45) is 0 Å². The van der Waals surface area contributed by atoms with Crippen molar-refractivity contribution in [2.75, 3.05) is 11.8 Å². The molecule has 21 heavy (non-hydrogen) atoms. The van der Waals surface area contributed by atoms with Crippen LogP contribution in [0.1, 0.15) is 16.7 Å². The Morgan fingerprint density at radius 1 is 0.905 bits per heavy atom. The van der Waals surface area contributed by atoms with Gasteiger partial charge in [-0.05, 0) is 61.7 Å². The quantitative estimate of drug-likeness (QED) is 0.941. The van der Waals surface area contributed by atoms with E-state index in [-0.39, 0.29) is 4.90 Å². The van der Waals surface area contributed by atoms with Crippen molar-refractivity contribution >= 4 is 15.7 Å². The Bertz CT molecular complexity index is 747. The summed E-state index contributed by atoms with van der Waals surface area (Å²) < 4.78 is 32.9. The second-order valence-corrected chi connectivity index (χ2v) is 6.79. The first kappa shape index (κ1) is 15.4. The molecule has 0 atom stereocenters. The van der Waals surface area contributed by atoms with Gasteiger partial charge in [0, 0.05) is 5.69 Å². The lowest BCUT2D eigenvalue weighted by Crippen LogP contribution is -2.14. The molecule has 0 bridgehead atoms. The zero-order chi connectivity index (χ0) is 15.6. The summed E-state index contributed by atoms with van der Waals surface area (Å²) in [6, 6.07) is 10.7. The maximum atomic E-state index is 12.6. The van der Waals surface area contributed by atoms with Crippen molar-refractivity contribution in [2.45, 2.75) is 25.7 Å². The molecule has 0 aliphatic rings. The van der Waals surface area contributed by atoms with Crippen LogP contribution in [0.4, 0.5) is 5.69 Å². The van der Waals surface area contributed by atoms with Gasteiger partial charge in [-0.15, -0.1) is 0 Å². The summed E-state index contributed by atoms with van der Waals surface area (Å²) in [7, 11) is -2.23. The maximum Gasteiger partial charge on any atom is 0.265 e. The number of nitrogens with one attached hydrogen (secondary N) is 1. The average Bonchev–Trinajstić information content (AvgIpc) is 2.36. The highest BCUT2D eigenvalue weighted by atomic mass is 32.2. The number of hydrogen-bond donors (Lipinski definition) is 1. The normalized spacial score (nSPS) is 11.2. The summed E-state index contributed by atoms with van der Waals surface area (Å²) in [6.07, 6.45) is 0. The summed E-state index contributed by atoms with van der Waals surface area (Å²) in [6.45, 7) is 5.70. The fraction of sp³-hybridized carbons (Fsp3) is 0.250. The Labute approximate surface area is 125 Å². The lowest BCUT2D eigenvalue weighted by Gasteiger charge is -2.13. The van der Waals surface area contributed by atoms with E-state index in [0.717, 1.165) is 16.7 Å². The smallest absolute Gasteiger partial charge is 0.265 e. The highest BCUT2D eigenvalue weighted by molar-refractivity contribution is 7.92. The lowest BCUT2D eigenvalue weighted by atomic mass is 10.1. The van der Waals surface area contributed by atoms with Gasteiger partial charge in [-0.3, -0.25) is 4.72 Å². The van der Waals surface area contributed by atoms with Crippen LogP contribution in [0, 0.1) is 20.8 Å². The summed E-state index contributed by atoms with van der Waals surface area (Å²) in [5, 5.41) is 0. The van der Waals surface area contributed by atoms with E-state index in [4.69, 9.17) is 4.74 Å². The van der Waals surface area contributed by atoms with Crippen LogP contribution in [0.5, 0.6) is 5.75 Å². The van der Waals surface area contributed by atoms with Gasteiger partial charge in [-0.1, -0.05) is 12.1 Å². The number of rotatable bonds is 4. The Morgan fingerprint density at radius 3 is 2.10 bits per heavy atom. The van der Waals surface area contributed by atoms with Gasteiger partial charge in [-0.25, -0.2) is 8.42 Å². The van der Waals surface area contributed by atoms with Crippen molar-refractivity contribution in [3.8, 4) is 5.75 Å². The molecule has 0 radical (unpaired) electrons. The predicted molar refractivity (Wildman–Crippen MR) is 84.5 cm³/mol. The standard InChI is InChI=1S/C16H19NO3S/c1-11-5-6-15(20-4)16(10-11)21(18,19)17-14-8-12(2)7-13(3)9-14/h5-10,17H,1-4H3. The Morgan fingerprint density at radius 2 is 1.52 bits per heavy atom. The molecule has 1 N–H and O–H groups in total. The highest BCUT2D eigenvalue weighted by Gasteiger charge is 2.20. The van der Waals surface area contributed by atoms with Crippen LogP contribution < -0.4 is 9.46 Å². The van der Waals surface area contributed by atoms with E-state index >= 15 is 0 Å². The number of anilines is 1. The van der Waals surface area contributed by atoms with Crippen molar-refractivity contribution in [1.82, 2.24) is 0 Å². The molecule has 0 spiro atoms. The van der Waals surface area contributed by atoms with Crippen molar-refractivity contribution in [1.29, 1.82) is 0 Å². The Hall–Kier alpha value is -2.01. The summed E-state index contributed by atoms with van der Waals surface area (Å²) in [5.74, 6) is 0.331. The molecule has 0 saturated carbocycles. The third-order valence-electron chi connectivity index (χ3n) is 3.08. The SMILES string of the molecule is COc1ccc(C)cc1S(=O)(=O)Nc1cc(C)cc(C)c1. The summed E-state index contributed by atoms with van der Waals surface area (Å²) in [5.41, 5.74) is 3.42. The predicted octanol–water partition coefficient (Wildman–Crippen LogP) is 3.42. The molecule has 4 nitrogen and oxygen atoms in total. The largest absolute Gasteiger partial charge is 0.495 e. The van der Waals surface area contributed by atoms with E-state index < -0.39 is 10.0 Å². The van der Waals surface area contributed by atoms with E-state index in [9.17, 15) is 8.42 Å². The van der Waals surface area contributed by atoms with E-state index in [2.05, 4.69) is 4.72 Å². The third-order valence-corrected chi connectivity index (χ3v) is 4.49. The van der Waals surface area contributed by atoms with Crippen molar-refractivity contribution in [3.63, 3.8) is 0 Å². The van der Waals surface area contributed by atoms with Crippen LogP contribution in [-0.4, -0.2) is 15.5 Å². The van der Waals surface area contributed by atoms with Crippen molar-refractivity contribution in [3.05, 3.63) is 53.1 Å².